The van der Waals surface area contributed by atoms with Crippen LogP contribution < -0.4 is 15.5 Å². The fourth-order valence-corrected chi connectivity index (χ4v) is 1.86. The van der Waals surface area contributed by atoms with Gasteiger partial charge >= 0.3 is 4.87 Å². The second-order valence-corrected chi connectivity index (χ2v) is 4.53. The number of thiazole rings is 1. The van der Waals surface area contributed by atoms with E-state index in [9.17, 15) is 4.79 Å². The van der Waals surface area contributed by atoms with Gasteiger partial charge in [0.25, 0.3) is 0 Å². The summed E-state index contributed by atoms with van der Waals surface area (Å²) in [5.41, 5.74) is 0.875. The quantitative estimate of drug-likeness (QED) is 0.663. The highest BCUT2D eigenvalue weighted by Gasteiger charge is 2.21. The molecule has 0 aliphatic heterocycles. The zero-order valence-electron chi connectivity index (χ0n) is 7.50. The molecule has 1 fully saturated rings. The largest absolute Gasteiger partial charge is 0.360 e. The van der Waals surface area contributed by atoms with Crippen LogP contribution in [0.4, 0.5) is 0 Å². The van der Waals surface area contributed by atoms with E-state index in [4.69, 9.17) is 12.2 Å². The van der Waals surface area contributed by atoms with Crippen molar-refractivity contribution in [3.8, 4) is 0 Å². The van der Waals surface area contributed by atoms with Crippen LogP contribution in [0.2, 0.25) is 0 Å². The van der Waals surface area contributed by atoms with Crippen molar-refractivity contribution in [2.24, 2.45) is 0 Å². The van der Waals surface area contributed by atoms with Gasteiger partial charge in [0, 0.05) is 17.1 Å². The van der Waals surface area contributed by atoms with Crippen LogP contribution in [0.3, 0.4) is 0 Å². The first-order valence-electron chi connectivity index (χ1n) is 4.45. The number of hydrogen-bond donors (Lipinski definition) is 3. The van der Waals surface area contributed by atoms with Crippen molar-refractivity contribution in [3.63, 3.8) is 0 Å². The molecule has 3 N–H and O–H groups in total. The van der Waals surface area contributed by atoms with Crippen LogP contribution in [0, 0.1) is 0 Å². The van der Waals surface area contributed by atoms with Gasteiger partial charge in [-0.05, 0) is 25.1 Å². The van der Waals surface area contributed by atoms with E-state index in [2.05, 4.69) is 15.6 Å². The first-order valence-corrected chi connectivity index (χ1v) is 5.74. The van der Waals surface area contributed by atoms with E-state index in [0.29, 0.717) is 17.7 Å². The Hall–Kier alpha value is -0.880. The Balaban J connectivity index is 1.75. The van der Waals surface area contributed by atoms with E-state index in [0.717, 1.165) is 5.69 Å². The fraction of sp³-hybridized carbons (Fsp3) is 0.500. The molecule has 0 amide bonds. The maximum Gasteiger partial charge on any atom is 0.304 e. The van der Waals surface area contributed by atoms with Gasteiger partial charge in [0.1, 0.15) is 0 Å². The molecule has 1 aliphatic rings. The van der Waals surface area contributed by atoms with Crippen molar-refractivity contribution < 1.29 is 0 Å². The number of rotatable bonds is 3. The Morgan fingerprint density at radius 2 is 2.50 bits per heavy atom. The summed E-state index contributed by atoms with van der Waals surface area (Å²) in [6.45, 7) is 0.581. The zero-order chi connectivity index (χ0) is 9.97. The van der Waals surface area contributed by atoms with Gasteiger partial charge in [-0.2, -0.15) is 0 Å². The van der Waals surface area contributed by atoms with Gasteiger partial charge < -0.3 is 15.6 Å². The molecule has 4 nitrogen and oxygen atoms in total. The monoisotopic (exact) mass is 229 g/mol. The number of hydrogen-bond acceptors (Lipinski definition) is 3. The maximum absolute atomic E-state index is 10.8. The standard InChI is InChI=1S/C8H11N3OS2/c12-8-11-6(4-14-8)3-9-7(13)10-5-1-2-5/h4-5H,1-3H2,(H,11,12)(H2,9,10,13). The smallest absolute Gasteiger partial charge is 0.304 e. The van der Waals surface area contributed by atoms with Crippen LogP contribution in [0.15, 0.2) is 10.2 Å². The Bertz CT molecular complexity index is 380. The minimum Gasteiger partial charge on any atom is -0.360 e. The summed E-state index contributed by atoms with van der Waals surface area (Å²) < 4.78 is 0. The molecule has 0 aromatic carbocycles. The van der Waals surface area contributed by atoms with Crippen molar-refractivity contribution in [2.75, 3.05) is 0 Å². The SMILES string of the molecule is O=c1[nH]c(CNC(=S)NC2CC2)cs1. The van der Waals surface area contributed by atoms with E-state index in [1.807, 2.05) is 0 Å². The lowest BCUT2D eigenvalue weighted by Crippen LogP contribution is -2.36. The summed E-state index contributed by atoms with van der Waals surface area (Å²) in [5.74, 6) is 0. The highest BCUT2D eigenvalue weighted by molar-refractivity contribution is 7.80. The molecular weight excluding hydrogens is 218 g/mol. The van der Waals surface area contributed by atoms with Gasteiger partial charge in [0.05, 0.1) is 6.54 Å². The minimum absolute atomic E-state index is 0.0251. The molecule has 6 heteroatoms. The van der Waals surface area contributed by atoms with Gasteiger partial charge in [-0.15, -0.1) is 0 Å². The number of H-pyrrole nitrogens is 1. The Morgan fingerprint density at radius 3 is 3.07 bits per heavy atom. The number of aromatic amines is 1. The molecule has 0 bridgehead atoms. The highest BCUT2D eigenvalue weighted by atomic mass is 32.1. The van der Waals surface area contributed by atoms with Crippen molar-refractivity contribution >= 4 is 28.7 Å². The van der Waals surface area contributed by atoms with Gasteiger partial charge in [-0.25, -0.2) is 0 Å². The first-order chi connectivity index (χ1) is 6.74. The second-order valence-electron chi connectivity index (χ2n) is 3.27. The van der Waals surface area contributed by atoms with Crippen LogP contribution in [0.1, 0.15) is 18.5 Å². The predicted molar refractivity (Wildman–Crippen MR) is 60.5 cm³/mol. The van der Waals surface area contributed by atoms with Crippen molar-refractivity contribution in [3.05, 3.63) is 20.7 Å². The molecule has 0 saturated heterocycles. The molecule has 0 spiro atoms. The molecule has 1 heterocycles. The van der Waals surface area contributed by atoms with Gasteiger partial charge in [0.2, 0.25) is 0 Å². The zero-order valence-corrected chi connectivity index (χ0v) is 9.13. The van der Waals surface area contributed by atoms with Gasteiger partial charge in [0.15, 0.2) is 5.11 Å². The van der Waals surface area contributed by atoms with Crippen molar-refractivity contribution in [2.45, 2.75) is 25.4 Å². The number of aromatic nitrogens is 1. The van der Waals surface area contributed by atoms with Crippen molar-refractivity contribution in [1.82, 2.24) is 15.6 Å². The Morgan fingerprint density at radius 1 is 1.71 bits per heavy atom. The summed E-state index contributed by atoms with van der Waals surface area (Å²) >= 11 is 6.23. The summed E-state index contributed by atoms with van der Waals surface area (Å²) in [6, 6.07) is 0.566. The van der Waals surface area contributed by atoms with Gasteiger partial charge in [-0.1, -0.05) is 11.3 Å². The minimum atomic E-state index is -0.0251. The summed E-state index contributed by atoms with van der Waals surface area (Å²) in [7, 11) is 0. The van der Waals surface area contributed by atoms with Gasteiger partial charge in [-0.3, -0.25) is 4.79 Å². The summed E-state index contributed by atoms with van der Waals surface area (Å²) in [5, 5.41) is 8.67. The summed E-state index contributed by atoms with van der Waals surface area (Å²) in [4.78, 5) is 13.5. The van der Waals surface area contributed by atoms with Crippen LogP contribution in [0.5, 0.6) is 0 Å². The molecule has 1 aromatic heterocycles. The third-order valence-corrected chi connectivity index (χ3v) is 2.90. The molecule has 0 unspecified atom stereocenters. The average Bonchev–Trinajstić information content (AvgIpc) is 2.85. The Labute approximate surface area is 90.7 Å². The molecule has 0 atom stereocenters. The van der Waals surface area contributed by atoms with Crippen LogP contribution in [0.25, 0.3) is 0 Å². The van der Waals surface area contributed by atoms with Crippen LogP contribution in [-0.2, 0) is 6.54 Å². The third kappa shape index (κ3) is 2.81. The van der Waals surface area contributed by atoms with E-state index < -0.39 is 0 Å². The average molecular weight is 229 g/mol. The molecule has 1 aliphatic carbocycles. The lowest BCUT2D eigenvalue weighted by atomic mass is 10.5. The topological polar surface area (TPSA) is 56.9 Å². The molecule has 14 heavy (non-hydrogen) atoms. The highest BCUT2D eigenvalue weighted by Crippen LogP contribution is 2.18. The normalized spacial score (nSPS) is 15.1. The molecule has 1 aromatic rings. The van der Waals surface area contributed by atoms with E-state index >= 15 is 0 Å². The number of nitrogens with one attached hydrogen (secondary N) is 3. The van der Waals surface area contributed by atoms with E-state index in [-0.39, 0.29) is 4.87 Å². The van der Waals surface area contributed by atoms with E-state index in [1.54, 1.807) is 5.38 Å². The van der Waals surface area contributed by atoms with Crippen LogP contribution >= 0.6 is 23.6 Å². The Kier molecular flexibility index (Phi) is 2.83. The molecule has 2 rings (SSSR count). The van der Waals surface area contributed by atoms with Crippen LogP contribution in [-0.4, -0.2) is 16.1 Å². The second kappa shape index (κ2) is 4.10. The maximum atomic E-state index is 10.8. The molecule has 76 valence electrons. The fourth-order valence-electron chi connectivity index (χ4n) is 1.04. The third-order valence-electron chi connectivity index (χ3n) is 1.92. The lowest BCUT2D eigenvalue weighted by Gasteiger charge is -2.07. The molecule has 1 saturated carbocycles. The lowest BCUT2D eigenvalue weighted by molar-refractivity contribution is 0.815. The summed E-state index contributed by atoms with van der Waals surface area (Å²) in [6.07, 6.45) is 2.41. The van der Waals surface area contributed by atoms with Crippen molar-refractivity contribution in [1.29, 1.82) is 0 Å². The molecular formula is C8H11N3OS2. The number of thiocarbonyl (C=S) groups is 1. The predicted octanol–water partition coefficient (Wildman–Crippen LogP) is 0.563. The molecule has 0 radical (unpaired) electrons. The first kappa shape index (κ1) is 9.67. The van der Waals surface area contributed by atoms with E-state index in [1.165, 1.54) is 24.2 Å².